The van der Waals surface area contributed by atoms with Crippen molar-refractivity contribution < 1.29 is 27.4 Å². The van der Waals surface area contributed by atoms with Gasteiger partial charge in [0.05, 0.1) is 23.7 Å². The lowest BCUT2D eigenvalue weighted by molar-refractivity contribution is -0.274. The van der Waals surface area contributed by atoms with Gasteiger partial charge < -0.3 is 13.9 Å². The quantitative estimate of drug-likeness (QED) is 0.676. The van der Waals surface area contributed by atoms with Crippen LogP contribution in [0.1, 0.15) is 10.4 Å². The van der Waals surface area contributed by atoms with Crippen molar-refractivity contribution >= 4 is 22.4 Å². The monoisotopic (exact) mass is 309 g/mol. The van der Waals surface area contributed by atoms with Crippen LogP contribution in [-0.4, -0.2) is 23.8 Å². The molecule has 0 bridgehead atoms. The Morgan fingerprint density at radius 1 is 1.14 bits per heavy atom. The van der Waals surface area contributed by atoms with E-state index in [0.29, 0.717) is 22.0 Å². The Kier molecular flexibility index (Phi) is 3.20. The molecule has 0 unspecified atom stereocenters. The third kappa shape index (κ3) is 2.34. The predicted molar refractivity (Wildman–Crippen MR) is 72.9 cm³/mol. The third-order valence-corrected chi connectivity index (χ3v) is 3.24. The summed E-state index contributed by atoms with van der Waals surface area (Å²) >= 11 is 0. The fraction of sp³-hybridized carbons (Fsp3) is 0.133. The molecule has 3 aromatic rings. The van der Waals surface area contributed by atoms with Crippen LogP contribution in [0, 0.1) is 0 Å². The first-order chi connectivity index (χ1) is 10.4. The fourth-order valence-electron chi connectivity index (χ4n) is 2.43. The van der Waals surface area contributed by atoms with E-state index in [1.165, 1.54) is 25.3 Å². The first-order valence-electron chi connectivity index (χ1n) is 6.27. The second-order valence-electron chi connectivity index (χ2n) is 4.55. The summed E-state index contributed by atoms with van der Waals surface area (Å²) in [5, 5.41) is 0.493. The van der Waals surface area contributed by atoms with E-state index in [4.69, 9.17) is 4.74 Å². The number of fused-ring (bicyclic) bond motifs is 3. The van der Waals surface area contributed by atoms with Gasteiger partial charge in [-0.25, -0.2) is 4.79 Å². The molecule has 0 aliphatic carbocycles. The molecule has 0 N–H and O–H groups in total. The Morgan fingerprint density at radius 3 is 2.59 bits per heavy atom. The number of hydrogen-bond donors (Lipinski definition) is 0. The van der Waals surface area contributed by atoms with Crippen LogP contribution in [0.15, 0.2) is 42.6 Å². The van der Waals surface area contributed by atoms with Crippen molar-refractivity contribution in [3.05, 3.63) is 48.2 Å². The molecule has 2 aromatic heterocycles. The van der Waals surface area contributed by atoms with E-state index in [2.05, 4.69) is 4.74 Å². The molecule has 0 atom stereocenters. The van der Waals surface area contributed by atoms with Crippen molar-refractivity contribution in [2.75, 3.05) is 7.11 Å². The molecule has 0 radical (unpaired) electrons. The van der Waals surface area contributed by atoms with Gasteiger partial charge in [0.2, 0.25) is 0 Å². The molecule has 7 heteroatoms. The van der Waals surface area contributed by atoms with E-state index < -0.39 is 12.3 Å². The summed E-state index contributed by atoms with van der Waals surface area (Å²) < 4.78 is 47.3. The summed E-state index contributed by atoms with van der Waals surface area (Å²) in [6, 6.07) is 8.95. The van der Waals surface area contributed by atoms with E-state index >= 15 is 0 Å². The average molecular weight is 309 g/mol. The van der Waals surface area contributed by atoms with Gasteiger partial charge in [-0.2, -0.15) is 0 Å². The number of alkyl halides is 3. The minimum absolute atomic E-state index is 0.302. The Bertz CT molecular complexity index is 867. The van der Waals surface area contributed by atoms with Crippen molar-refractivity contribution in [3.8, 4) is 5.75 Å². The first kappa shape index (κ1) is 14.2. The highest BCUT2D eigenvalue weighted by Crippen LogP contribution is 2.32. The standard InChI is InChI=1S/C15H10F3NO3/c1-21-14(20)13-10-6-5-9(22-15(16,17)18)8-12(10)19-7-3-2-4-11(13)19/h2-8H,1H3. The van der Waals surface area contributed by atoms with Crippen molar-refractivity contribution in [1.29, 1.82) is 0 Å². The number of pyridine rings is 1. The van der Waals surface area contributed by atoms with E-state index in [1.807, 2.05) is 0 Å². The highest BCUT2D eigenvalue weighted by Gasteiger charge is 2.31. The molecular weight excluding hydrogens is 299 g/mol. The van der Waals surface area contributed by atoms with Crippen LogP contribution in [0.5, 0.6) is 5.75 Å². The SMILES string of the molecule is COC(=O)c1c2ccc(OC(F)(F)F)cc2n2ccccc12. The lowest BCUT2D eigenvalue weighted by Gasteiger charge is -2.08. The second-order valence-corrected chi connectivity index (χ2v) is 4.55. The van der Waals surface area contributed by atoms with Gasteiger partial charge in [-0.15, -0.1) is 13.2 Å². The van der Waals surface area contributed by atoms with Crippen molar-refractivity contribution in [2.45, 2.75) is 6.36 Å². The van der Waals surface area contributed by atoms with Gasteiger partial charge in [0.25, 0.3) is 0 Å². The maximum absolute atomic E-state index is 12.3. The maximum Gasteiger partial charge on any atom is 0.573 e. The molecule has 0 aliphatic heterocycles. The van der Waals surface area contributed by atoms with Crippen LogP contribution in [0.2, 0.25) is 0 Å². The van der Waals surface area contributed by atoms with Gasteiger partial charge in [-0.3, -0.25) is 0 Å². The molecule has 1 aromatic carbocycles. The molecule has 3 rings (SSSR count). The number of nitrogens with zero attached hydrogens (tertiary/aromatic N) is 1. The van der Waals surface area contributed by atoms with E-state index in [1.54, 1.807) is 28.8 Å². The molecule has 0 amide bonds. The second kappa shape index (κ2) is 4.94. The summed E-state index contributed by atoms with van der Waals surface area (Å²) in [7, 11) is 1.25. The van der Waals surface area contributed by atoms with Crippen LogP contribution in [0.3, 0.4) is 0 Å². The van der Waals surface area contributed by atoms with Crippen LogP contribution in [0.25, 0.3) is 16.4 Å². The summed E-state index contributed by atoms with van der Waals surface area (Å²) in [5.74, 6) is -0.900. The average Bonchev–Trinajstić information content (AvgIpc) is 2.79. The number of aromatic nitrogens is 1. The number of benzene rings is 1. The van der Waals surface area contributed by atoms with Gasteiger partial charge >= 0.3 is 12.3 Å². The molecule has 0 spiro atoms. The van der Waals surface area contributed by atoms with Crippen LogP contribution < -0.4 is 4.74 Å². The molecule has 4 nitrogen and oxygen atoms in total. The number of carbonyl (C=O) groups excluding carboxylic acids is 1. The zero-order valence-electron chi connectivity index (χ0n) is 11.3. The molecule has 114 valence electrons. The molecule has 0 fully saturated rings. The highest BCUT2D eigenvalue weighted by molar-refractivity contribution is 6.11. The van der Waals surface area contributed by atoms with Gasteiger partial charge in [-0.05, 0) is 24.3 Å². The predicted octanol–water partition coefficient (Wildman–Crippen LogP) is 3.78. The Labute approximate surface area is 122 Å². The highest BCUT2D eigenvalue weighted by atomic mass is 19.4. The fourth-order valence-corrected chi connectivity index (χ4v) is 2.43. The molecule has 22 heavy (non-hydrogen) atoms. The van der Waals surface area contributed by atoms with E-state index in [-0.39, 0.29) is 5.75 Å². The largest absolute Gasteiger partial charge is 0.573 e. The number of halogens is 3. The molecule has 0 saturated heterocycles. The number of methoxy groups -OCH3 is 1. The zero-order chi connectivity index (χ0) is 15.9. The molecule has 0 aliphatic rings. The summed E-state index contributed by atoms with van der Waals surface area (Å²) in [6.45, 7) is 0. The first-order valence-corrected chi connectivity index (χ1v) is 6.27. The number of esters is 1. The van der Waals surface area contributed by atoms with E-state index in [9.17, 15) is 18.0 Å². The summed E-state index contributed by atoms with van der Waals surface area (Å²) in [6.07, 6.45) is -3.12. The van der Waals surface area contributed by atoms with E-state index in [0.717, 1.165) is 0 Å². The van der Waals surface area contributed by atoms with Gasteiger partial charge in [0.15, 0.2) is 0 Å². The third-order valence-electron chi connectivity index (χ3n) is 3.24. The van der Waals surface area contributed by atoms with Crippen molar-refractivity contribution in [2.24, 2.45) is 0 Å². The lowest BCUT2D eigenvalue weighted by Crippen LogP contribution is -2.17. The minimum atomic E-state index is -4.77. The lowest BCUT2D eigenvalue weighted by atomic mass is 10.1. The van der Waals surface area contributed by atoms with Gasteiger partial charge in [0.1, 0.15) is 5.75 Å². The van der Waals surface area contributed by atoms with Gasteiger partial charge in [-0.1, -0.05) is 6.07 Å². The Balaban J connectivity index is 2.29. The number of hydrogen-bond acceptors (Lipinski definition) is 3. The number of ether oxygens (including phenoxy) is 2. The minimum Gasteiger partial charge on any atom is -0.465 e. The molecule has 0 saturated carbocycles. The van der Waals surface area contributed by atoms with Crippen LogP contribution >= 0.6 is 0 Å². The van der Waals surface area contributed by atoms with Crippen molar-refractivity contribution in [3.63, 3.8) is 0 Å². The number of rotatable bonds is 2. The Hall–Kier alpha value is -2.70. The van der Waals surface area contributed by atoms with Crippen LogP contribution in [-0.2, 0) is 4.74 Å². The normalized spacial score (nSPS) is 11.8. The van der Waals surface area contributed by atoms with Gasteiger partial charge in [0, 0.05) is 17.6 Å². The molecular formula is C15H10F3NO3. The molecule has 2 heterocycles. The Morgan fingerprint density at radius 2 is 1.91 bits per heavy atom. The maximum atomic E-state index is 12.3. The summed E-state index contributed by atoms with van der Waals surface area (Å²) in [4.78, 5) is 12.0. The van der Waals surface area contributed by atoms with Crippen molar-refractivity contribution in [1.82, 2.24) is 4.40 Å². The smallest absolute Gasteiger partial charge is 0.465 e. The number of carbonyl (C=O) groups is 1. The zero-order valence-corrected chi connectivity index (χ0v) is 11.3. The topological polar surface area (TPSA) is 39.9 Å². The van der Waals surface area contributed by atoms with Crippen LogP contribution in [0.4, 0.5) is 13.2 Å². The summed E-state index contributed by atoms with van der Waals surface area (Å²) in [5.41, 5.74) is 1.28.